The number of aliphatic carboxylic acids is 1. The zero-order chi connectivity index (χ0) is 13.1. The van der Waals surface area contributed by atoms with E-state index in [-0.39, 0.29) is 6.54 Å². The molecule has 0 radical (unpaired) electrons. The van der Waals surface area contributed by atoms with Gasteiger partial charge in [0.2, 0.25) is 0 Å². The van der Waals surface area contributed by atoms with E-state index >= 15 is 0 Å². The first-order valence-electron chi connectivity index (χ1n) is 5.76. The van der Waals surface area contributed by atoms with Gasteiger partial charge in [-0.25, -0.2) is 0 Å². The minimum absolute atomic E-state index is 0.106. The van der Waals surface area contributed by atoms with E-state index in [0.29, 0.717) is 28.7 Å². The Bertz CT molecular complexity index is 506. The SMILES string of the molecule is N#Cc1ccc(Cl)cc1N(CC(=O)O)CC1CC1. The summed E-state index contributed by atoms with van der Waals surface area (Å²) in [5, 5.41) is 18.5. The molecule has 18 heavy (non-hydrogen) atoms. The molecule has 1 aliphatic carbocycles. The molecule has 0 spiro atoms. The van der Waals surface area contributed by atoms with Crippen LogP contribution in [-0.2, 0) is 4.79 Å². The second kappa shape index (κ2) is 5.28. The maximum atomic E-state index is 10.9. The molecule has 1 aromatic rings. The molecular weight excluding hydrogens is 252 g/mol. The van der Waals surface area contributed by atoms with Gasteiger partial charge >= 0.3 is 5.97 Å². The van der Waals surface area contributed by atoms with E-state index in [2.05, 4.69) is 6.07 Å². The molecule has 1 N–H and O–H groups in total. The summed E-state index contributed by atoms with van der Waals surface area (Å²) in [6, 6.07) is 7.00. The van der Waals surface area contributed by atoms with E-state index in [4.69, 9.17) is 22.0 Å². The first-order chi connectivity index (χ1) is 8.60. The lowest BCUT2D eigenvalue weighted by Gasteiger charge is -2.24. The highest BCUT2D eigenvalue weighted by Gasteiger charge is 2.26. The third-order valence-electron chi connectivity index (χ3n) is 2.92. The fraction of sp³-hybridized carbons (Fsp3) is 0.385. The number of halogens is 1. The van der Waals surface area contributed by atoms with Gasteiger partial charge in [-0.1, -0.05) is 11.6 Å². The van der Waals surface area contributed by atoms with Gasteiger partial charge in [-0.05, 0) is 37.0 Å². The molecule has 1 aliphatic rings. The van der Waals surface area contributed by atoms with Crippen molar-refractivity contribution in [2.24, 2.45) is 5.92 Å². The summed E-state index contributed by atoms with van der Waals surface area (Å²) in [7, 11) is 0. The van der Waals surface area contributed by atoms with Crippen LogP contribution in [0.3, 0.4) is 0 Å². The highest BCUT2D eigenvalue weighted by Crippen LogP contribution is 2.33. The smallest absolute Gasteiger partial charge is 0.323 e. The van der Waals surface area contributed by atoms with Crippen LogP contribution < -0.4 is 4.90 Å². The van der Waals surface area contributed by atoms with E-state index in [1.54, 1.807) is 23.1 Å². The molecule has 0 aliphatic heterocycles. The molecule has 1 fully saturated rings. The molecular formula is C13H13ClN2O2. The Morgan fingerprint density at radius 1 is 1.56 bits per heavy atom. The molecule has 0 amide bonds. The normalized spacial score (nSPS) is 14.0. The number of nitrogens with zero attached hydrogens (tertiary/aromatic N) is 2. The fourth-order valence-electron chi connectivity index (χ4n) is 1.88. The van der Waals surface area contributed by atoms with Gasteiger partial charge < -0.3 is 10.0 Å². The summed E-state index contributed by atoms with van der Waals surface area (Å²) in [5.74, 6) is -0.366. The predicted molar refractivity (Wildman–Crippen MR) is 68.7 cm³/mol. The Balaban J connectivity index is 2.30. The second-order valence-corrected chi connectivity index (χ2v) is 4.93. The summed E-state index contributed by atoms with van der Waals surface area (Å²) >= 11 is 5.92. The number of hydrogen-bond acceptors (Lipinski definition) is 3. The second-order valence-electron chi connectivity index (χ2n) is 4.49. The van der Waals surface area contributed by atoms with Gasteiger partial charge in [-0.15, -0.1) is 0 Å². The predicted octanol–water partition coefficient (Wildman–Crippen LogP) is 2.51. The fourth-order valence-corrected chi connectivity index (χ4v) is 2.05. The molecule has 1 saturated carbocycles. The molecule has 2 rings (SSSR count). The van der Waals surface area contributed by atoms with E-state index in [9.17, 15) is 4.79 Å². The Labute approximate surface area is 110 Å². The van der Waals surface area contributed by atoms with Crippen molar-refractivity contribution in [1.82, 2.24) is 0 Å². The third-order valence-corrected chi connectivity index (χ3v) is 3.16. The van der Waals surface area contributed by atoms with Crippen molar-refractivity contribution in [2.75, 3.05) is 18.0 Å². The standard InChI is InChI=1S/C13H13ClN2O2/c14-11-4-3-10(6-15)12(5-11)16(8-13(17)18)7-9-1-2-9/h3-5,9H,1-2,7-8H2,(H,17,18). The van der Waals surface area contributed by atoms with Crippen LogP contribution in [0.2, 0.25) is 5.02 Å². The molecule has 5 heteroatoms. The number of carboxylic acids is 1. The average molecular weight is 265 g/mol. The lowest BCUT2D eigenvalue weighted by molar-refractivity contribution is -0.135. The maximum absolute atomic E-state index is 10.9. The third kappa shape index (κ3) is 3.14. The Morgan fingerprint density at radius 3 is 2.83 bits per heavy atom. The van der Waals surface area contributed by atoms with Gasteiger partial charge in [0.05, 0.1) is 11.3 Å². The number of nitriles is 1. The summed E-state index contributed by atoms with van der Waals surface area (Å²) < 4.78 is 0. The van der Waals surface area contributed by atoms with Crippen molar-refractivity contribution in [1.29, 1.82) is 5.26 Å². The molecule has 4 nitrogen and oxygen atoms in total. The number of anilines is 1. The highest BCUT2D eigenvalue weighted by molar-refractivity contribution is 6.30. The first-order valence-corrected chi connectivity index (χ1v) is 6.14. The average Bonchev–Trinajstić information content (AvgIpc) is 3.11. The van der Waals surface area contributed by atoms with E-state index < -0.39 is 5.97 Å². The Morgan fingerprint density at radius 2 is 2.28 bits per heavy atom. The van der Waals surface area contributed by atoms with Crippen molar-refractivity contribution in [3.05, 3.63) is 28.8 Å². The van der Waals surface area contributed by atoms with Gasteiger partial charge in [0.1, 0.15) is 12.6 Å². The summed E-state index contributed by atoms with van der Waals surface area (Å²) in [6.45, 7) is 0.562. The van der Waals surface area contributed by atoms with Crippen molar-refractivity contribution in [2.45, 2.75) is 12.8 Å². The minimum Gasteiger partial charge on any atom is -0.480 e. The van der Waals surface area contributed by atoms with Crippen molar-refractivity contribution in [3.8, 4) is 6.07 Å². The van der Waals surface area contributed by atoms with Crippen LogP contribution in [0.1, 0.15) is 18.4 Å². The molecule has 0 atom stereocenters. The molecule has 1 aromatic carbocycles. The van der Waals surface area contributed by atoms with Crippen LogP contribution in [0.5, 0.6) is 0 Å². The summed E-state index contributed by atoms with van der Waals surface area (Å²) in [4.78, 5) is 12.6. The topological polar surface area (TPSA) is 64.3 Å². The van der Waals surface area contributed by atoms with E-state index in [1.807, 2.05) is 0 Å². The van der Waals surface area contributed by atoms with Crippen molar-refractivity contribution < 1.29 is 9.90 Å². The van der Waals surface area contributed by atoms with Gasteiger partial charge in [0.25, 0.3) is 0 Å². The van der Waals surface area contributed by atoms with Crippen LogP contribution in [-0.4, -0.2) is 24.2 Å². The van der Waals surface area contributed by atoms with Gasteiger partial charge in [-0.3, -0.25) is 4.79 Å². The zero-order valence-corrected chi connectivity index (χ0v) is 10.5. The van der Waals surface area contributed by atoms with E-state index in [1.165, 1.54) is 0 Å². The van der Waals surface area contributed by atoms with Crippen LogP contribution >= 0.6 is 11.6 Å². The maximum Gasteiger partial charge on any atom is 0.323 e. The number of benzene rings is 1. The van der Waals surface area contributed by atoms with Crippen LogP contribution in [0.25, 0.3) is 0 Å². The number of carboxylic acid groups (broad SMARTS) is 1. The quantitative estimate of drug-likeness (QED) is 0.887. The minimum atomic E-state index is -0.903. The Kier molecular flexibility index (Phi) is 3.73. The number of carbonyl (C=O) groups is 1. The molecule has 0 unspecified atom stereocenters. The van der Waals surface area contributed by atoms with Gasteiger partial charge in [0.15, 0.2) is 0 Å². The monoisotopic (exact) mass is 264 g/mol. The van der Waals surface area contributed by atoms with Crippen molar-refractivity contribution in [3.63, 3.8) is 0 Å². The molecule has 0 saturated heterocycles. The molecule has 94 valence electrons. The lowest BCUT2D eigenvalue weighted by atomic mass is 10.1. The number of rotatable bonds is 5. The molecule has 0 heterocycles. The van der Waals surface area contributed by atoms with E-state index in [0.717, 1.165) is 12.8 Å². The highest BCUT2D eigenvalue weighted by atomic mass is 35.5. The first kappa shape index (κ1) is 12.7. The number of hydrogen-bond donors (Lipinski definition) is 1. The molecule has 0 bridgehead atoms. The summed E-state index contributed by atoms with van der Waals surface area (Å²) in [5.41, 5.74) is 1.07. The largest absolute Gasteiger partial charge is 0.480 e. The van der Waals surface area contributed by atoms with Crippen molar-refractivity contribution >= 4 is 23.3 Å². The van der Waals surface area contributed by atoms with Gasteiger partial charge in [-0.2, -0.15) is 5.26 Å². The Hall–Kier alpha value is -1.73. The molecule has 0 aromatic heterocycles. The van der Waals surface area contributed by atoms with Crippen LogP contribution in [0.4, 0.5) is 5.69 Å². The van der Waals surface area contributed by atoms with Gasteiger partial charge in [0, 0.05) is 11.6 Å². The summed E-state index contributed by atoms with van der Waals surface area (Å²) in [6.07, 6.45) is 2.25. The van der Waals surface area contributed by atoms with Crippen LogP contribution in [0.15, 0.2) is 18.2 Å². The van der Waals surface area contributed by atoms with Crippen LogP contribution in [0, 0.1) is 17.2 Å². The zero-order valence-electron chi connectivity index (χ0n) is 9.77. The lowest BCUT2D eigenvalue weighted by Crippen LogP contribution is -2.32.